The zero-order valence-electron chi connectivity index (χ0n) is 9.48. The van der Waals surface area contributed by atoms with Crippen molar-refractivity contribution in [3.8, 4) is 5.75 Å². The first kappa shape index (κ1) is 10.1. The van der Waals surface area contributed by atoms with Gasteiger partial charge in [-0.1, -0.05) is 18.2 Å². The van der Waals surface area contributed by atoms with E-state index in [-0.39, 0.29) is 0 Å². The first-order chi connectivity index (χ1) is 7.92. The molecule has 3 heteroatoms. The Hall–Kier alpha value is -1.06. The molecule has 0 spiro atoms. The highest BCUT2D eigenvalue weighted by Gasteiger charge is 2.24. The van der Waals surface area contributed by atoms with Crippen LogP contribution in [-0.2, 0) is 6.42 Å². The number of fused-ring (bicyclic) bond motifs is 1. The molecule has 0 radical (unpaired) electrons. The summed E-state index contributed by atoms with van der Waals surface area (Å²) >= 11 is 0. The quantitative estimate of drug-likeness (QED) is 0.798. The first-order valence-corrected chi connectivity index (χ1v) is 6.09. The maximum absolute atomic E-state index is 5.95. The van der Waals surface area contributed by atoms with E-state index in [2.05, 4.69) is 28.4 Å². The number of hydrogen-bond acceptors (Lipinski definition) is 3. The summed E-state index contributed by atoms with van der Waals surface area (Å²) < 4.78 is 5.95. The van der Waals surface area contributed by atoms with Crippen LogP contribution in [0, 0.1) is 0 Å². The molecular formula is C13H18N2O. The second kappa shape index (κ2) is 4.44. The highest BCUT2D eigenvalue weighted by atomic mass is 16.5. The van der Waals surface area contributed by atoms with Crippen LogP contribution in [-0.4, -0.2) is 43.7 Å². The molecule has 2 heterocycles. The molecule has 0 aliphatic carbocycles. The van der Waals surface area contributed by atoms with Crippen molar-refractivity contribution >= 4 is 0 Å². The topological polar surface area (TPSA) is 24.5 Å². The van der Waals surface area contributed by atoms with Gasteiger partial charge in [0.25, 0.3) is 0 Å². The van der Waals surface area contributed by atoms with Crippen LogP contribution < -0.4 is 10.1 Å². The van der Waals surface area contributed by atoms with E-state index in [1.165, 1.54) is 5.56 Å². The fourth-order valence-electron chi connectivity index (χ4n) is 2.54. The molecule has 1 N–H and O–H groups in total. The maximum Gasteiger partial charge on any atom is 0.123 e. The zero-order chi connectivity index (χ0) is 10.8. The van der Waals surface area contributed by atoms with Gasteiger partial charge in [-0.15, -0.1) is 0 Å². The number of hydrogen-bond donors (Lipinski definition) is 1. The fraction of sp³-hybridized carbons (Fsp3) is 0.538. The molecule has 1 aromatic carbocycles. The van der Waals surface area contributed by atoms with Crippen LogP contribution in [0.25, 0.3) is 0 Å². The van der Waals surface area contributed by atoms with E-state index in [0.29, 0.717) is 6.10 Å². The molecule has 1 aromatic rings. The van der Waals surface area contributed by atoms with Crippen molar-refractivity contribution < 1.29 is 4.74 Å². The molecule has 3 nitrogen and oxygen atoms in total. The molecule has 0 aromatic heterocycles. The van der Waals surface area contributed by atoms with Crippen molar-refractivity contribution in [1.29, 1.82) is 0 Å². The Bertz CT molecular complexity index is 336. The molecule has 0 amide bonds. The van der Waals surface area contributed by atoms with Crippen molar-refractivity contribution in [2.45, 2.75) is 12.5 Å². The van der Waals surface area contributed by atoms with Crippen molar-refractivity contribution in [3.63, 3.8) is 0 Å². The minimum absolute atomic E-state index is 0.357. The predicted molar refractivity (Wildman–Crippen MR) is 63.9 cm³/mol. The van der Waals surface area contributed by atoms with Gasteiger partial charge in [0.05, 0.1) is 0 Å². The molecule has 0 bridgehead atoms. The van der Waals surface area contributed by atoms with Gasteiger partial charge in [-0.3, -0.25) is 4.90 Å². The summed E-state index contributed by atoms with van der Waals surface area (Å²) in [6.07, 6.45) is 1.43. The summed E-state index contributed by atoms with van der Waals surface area (Å²) in [5.74, 6) is 1.09. The van der Waals surface area contributed by atoms with Crippen molar-refractivity contribution in [2.75, 3.05) is 32.7 Å². The standard InChI is InChI=1S/C13H18N2O/c1-2-4-13-11(3-1)9-12(16-13)10-15-7-5-14-6-8-15/h1-4,12,14H,5-10H2/t12-/m1/s1. The van der Waals surface area contributed by atoms with Gasteiger partial charge >= 0.3 is 0 Å². The smallest absolute Gasteiger partial charge is 0.123 e. The molecule has 86 valence electrons. The average molecular weight is 218 g/mol. The molecule has 2 aliphatic heterocycles. The van der Waals surface area contributed by atoms with Crippen LogP contribution in [0.4, 0.5) is 0 Å². The third-order valence-electron chi connectivity index (χ3n) is 3.39. The van der Waals surface area contributed by atoms with E-state index in [0.717, 1.165) is 44.9 Å². The van der Waals surface area contributed by atoms with Crippen LogP contribution in [0.3, 0.4) is 0 Å². The SMILES string of the molecule is c1ccc2c(c1)C[C@H](CN1CCNCC1)O2. The molecule has 0 unspecified atom stereocenters. The van der Waals surface area contributed by atoms with Gasteiger partial charge in [0.2, 0.25) is 0 Å². The zero-order valence-corrected chi connectivity index (χ0v) is 9.48. The number of ether oxygens (including phenoxy) is 1. The third-order valence-corrected chi connectivity index (χ3v) is 3.39. The maximum atomic E-state index is 5.95. The van der Waals surface area contributed by atoms with E-state index >= 15 is 0 Å². The Labute approximate surface area is 96.4 Å². The van der Waals surface area contributed by atoms with Gasteiger partial charge in [0, 0.05) is 39.1 Å². The van der Waals surface area contributed by atoms with Crippen LogP contribution in [0.1, 0.15) is 5.56 Å². The number of benzene rings is 1. The lowest BCUT2D eigenvalue weighted by Gasteiger charge is -2.29. The van der Waals surface area contributed by atoms with Crippen molar-refractivity contribution in [2.24, 2.45) is 0 Å². The largest absolute Gasteiger partial charge is 0.488 e. The molecule has 16 heavy (non-hydrogen) atoms. The molecule has 1 fully saturated rings. The van der Waals surface area contributed by atoms with E-state index in [1.807, 2.05) is 6.07 Å². The number of para-hydroxylation sites is 1. The second-order valence-electron chi connectivity index (χ2n) is 4.60. The summed E-state index contributed by atoms with van der Waals surface area (Å²) in [6.45, 7) is 5.59. The molecule has 1 atom stereocenters. The summed E-state index contributed by atoms with van der Waals surface area (Å²) in [7, 11) is 0. The van der Waals surface area contributed by atoms with Crippen LogP contribution in [0.15, 0.2) is 24.3 Å². The normalized spacial score (nSPS) is 25.1. The molecule has 0 saturated carbocycles. The highest BCUT2D eigenvalue weighted by Crippen LogP contribution is 2.28. The van der Waals surface area contributed by atoms with Gasteiger partial charge in [0.15, 0.2) is 0 Å². The average Bonchev–Trinajstić information content (AvgIpc) is 2.72. The van der Waals surface area contributed by atoms with Crippen LogP contribution >= 0.6 is 0 Å². The molecule has 1 saturated heterocycles. The van der Waals surface area contributed by atoms with Crippen LogP contribution in [0.2, 0.25) is 0 Å². The second-order valence-corrected chi connectivity index (χ2v) is 4.60. The molecule has 2 aliphatic rings. The van der Waals surface area contributed by atoms with Crippen LogP contribution in [0.5, 0.6) is 5.75 Å². The lowest BCUT2D eigenvalue weighted by molar-refractivity contribution is 0.139. The van der Waals surface area contributed by atoms with E-state index in [1.54, 1.807) is 0 Å². The Morgan fingerprint density at radius 1 is 1.25 bits per heavy atom. The highest BCUT2D eigenvalue weighted by molar-refractivity contribution is 5.37. The summed E-state index contributed by atoms with van der Waals surface area (Å²) in [6, 6.07) is 8.39. The first-order valence-electron chi connectivity index (χ1n) is 6.09. The third kappa shape index (κ3) is 2.06. The summed E-state index contributed by atoms with van der Waals surface area (Å²) in [4.78, 5) is 2.49. The summed E-state index contributed by atoms with van der Waals surface area (Å²) in [5.41, 5.74) is 1.36. The van der Waals surface area contributed by atoms with Gasteiger partial charge in [-0.2, -0.15) is 0 Å². The minimum atomic E-state index is 0.357. The Morgan fingerprint density at radius 2 is 2.06 bits per heavy atom. The summed E-state index contributed by atoms with van der Waals surface area (Å²) in [5, 5.41) is 3.37. The molecule has 3 rings (SSSR count). The van der Waals surface area contributed by atoms with Gasteiger partial charge < -0.3 is 10.1 Å². The van der Waals surface area contributed by atoms with Gasteiger partial charge in [0.1, 0.15) is 11.9 Å². The molecular weight excluding hydrogens is 200 g/mol. The Morgan fingerprint density at radius 3 is 2.88 bits per heavy atom. The Kier molecular flexibility index (Phi) is 2.80. The van der Waals surface area contributed by atoms with Crippen molar-refractivity contribution in [3.05, 3.63) is 29.8 Å². The lowest BCUT2D eigenvalue weighted by Crippen LogP contribution is -2.47. The van der Waals surface area contributed by atoms with Gasteiger partial charge in [-0.25, -0.2) is 0 Å². The number of rotatable bonds is 2. The minimum Gasteiger partial charge on any atom is -0.488 e. The van der Waals surface area contributed by atoms with Crippen molar-refractivity contribution in [1.82, 2.24) is 10.2 Å². The van der Waals surface area contributed by atoms with Gasteiger partial charge in [-0.05, 0) is 11.6 Å². The number of nitrogens with one attached hydrogen (secondary N) is 1. The van der Waals surface area contributed by atoms with E-state index in [9.17, 15) is 0 Å². The predicted octanol–water partition coefficient (Wildman–Crippen LogP) is 0.895. The monoisotopic (exact) mass is 218 g/mol. The number of nitrogens with zero attached hydrogens (tertiary/aromatic N) is 1. The fourth-order valence-corrected chi connectivity index (χ4v) is 2.54. The van der Waals surface area contributed by atoms with E-state index < -0.39 is 0 Å². The number of piperazine rings is 1. The lowest BCUT2D eigenvalue weighted by atomic mass is 10.1. The Balaban J connectivity index is 1.59. The van der Waals surface area contributed by atoms with E-state index in [4.69, 9.17) is 4.74 Å².